The SMILES string of the molecule is O=C(OC1=CC(=O)C2CCC1C2)c1ccc(Cl)c(CSc2nnnn2C2CC2)c1Cl. The van der Waals surface area contributed by atoms with Crippen LogP contribution in [0.4, 0.5) is 0 Å². The van der Waals surface area contributed by atoms with Gasteiger partial charge in [0.2, 0.25) is 5.16 Å². The van der Waals surface area contributed by atoms with Crippen LogP contribution in [0.1, 0.15) is 54.1 Å². The number of hydrogen-bond donors (Lipinski definition) is 0. The second-order valence-electron chi connectivity index (χ2n) is 7.86. The van der Waals surface area contributed by atoms with Crippen molar-refractivity contribution >= 4 is 46.7 Å². The Bertz CT molecular complexity index is 1070. The third-order valence-electron chi connectivity index (χ3n) is 5.84. The highest BCUT2D eigenvalue weighted by Crippen LogP contribution is 2.42. The topological polar surface area (TPSA) is 87.0 Å². The number of halogens is 2. The van der Waals surface area contributed by atoms with Gasteiger partial charge in [0.05, 0.1) is 16.6 Å². The Hall–Kier alpha value is -1.90. The average Bonchev–Trinajstić information content (AvgIpc) is 3.29. The minimum Gasteiger partial charge on any atom is -0.427 e. The van der Waals surface area contributed by atoms with Crippen molar-refractivity contribution in [2.24, 2.45) is 11.8 Å². The quantitative estimate of drug-likeness (QED) is 0.454. The van der Waals surface area contributed by atoms with Crippen molar-refractivity contribution in [2.45, 2.75) is 49.1 Å². The van der Waals surface area contributed by atoms with Gasteiger partial charge in [-0.15, -0.1) is 5.10 Å². The van der Waals surface area contributed by atoms with E-state index in [1.54, 1.807) is 12.1 Å². The minimum atomic E-state index is -0.574. The van der Waals surface area contributed by atoms with Gasteiger partial charge in [0, 0.05) is 34.3 Å². The van der Waals surface area contributed by atoms with Crippen molar-refractivity contribution in [3.05, 3.63) is 45.1 Å². The molecule has 1 aromatic carbocycles. The zero-order valence-corrected chi connectivity index (χ0v) is 18.2. The van der Waals surface area contributed by atoms with Crippen molar-refractivity contribution in [1.29, 1.82) is 0 Å². The number of rotatable bonds is 6. The molecule has 0 aliphatic heterocycles. The third-order valence-corrected chi connectivity index (χ3v) is 7.59. The van der Waals surface area contributed by atoms with E-state index in [0.717, 1.165) is 32.1 Å². The van der Waals surface area contributed by atoms with Crippen LogP contribution in [-0.4, -0.2) is 32.0 Å². The van der Waals surface area contributed by atoms with Crippen LogP contribution in [0.3, 0.4) is 0 Å². The number of aromatic nitrogens is 4. The number of fused-ring (bicyclic) bond motifs is 2. The molecule has 2 unspecified atom stereocenters. The standard InChI is InChI=1S/C20H18Cl2N4O3S/c21-15-6-5-13(19(28)29-17-8-16(27)10-1-2-11(17)7-10)18(22)14(15)9-30-20-23-24-25-26(20)12-3-4-12/h5-6,8,10-12H,1-4,7,9H2. The van der Waals surface area contributed by atoms with Crippen LogP contribution in [0.5, 0.6) is 0 Å². The minimum absolute atomic E-state index is 0.0409. The fourth-order valence-electron chi connectivity index (χ4n) is 4.00. The molecule has 0 spiro atoms. The Morgan fingerprint density at radius 2 is 2.00 bits per heavy atom. The number of ketones is 1. The molecule has 2 aromatic rings. The van der Waals surface area contributed by atoms with Crippen LogP contribution in [-0.2, 0) is 15.3 Å². The average molecular weight is 465 g/mol. The molecule has 10 heteroatoms. The molecule has 0 saturated heterocycles. The first-order valence-electron chi connectivity index (χ1n) is 9.86. The van der Waals surface area contributed by atoms with Crippen molar-refractivity contribution in [3.8, 4) is 0 Å². The number of hydrogen-bond acceptors (Lipinski definition) is 7. The lowest BCUT2D eigenvalue weighted by molar-refractivity contribution is -0.118. The molecule has 3 aliphatic carbocycles. The number of benzene rings is 1. The molecule has 30 heavy (non-hydrogen) atoms. The first-order chi connectivity index (χ1) is 14.5. The van der Waals surface area contributed by atoms with Crippen molar-refractivity contribution < 1.29 is 14.3 Å². The summed E-state index contributed by atoms with van der Waals surface area (Å²) in [5.74, 6) is 0.530. The maximum Gasteiger partial charge on any atom is 0.344 e. The molecule has 3 aliphatic rings. The van der Waals surface area contributed by atoms with E-state index >= 15 is 0 Å². The molecule has 0 amide bonds. The number of allylic oxidation sites excluding steroid dienone is 2. The number of thioether (sulfide) groups is 1. The lowest BCUT2D eigenvalue weighted by Gasteiger charge is -2.19. The monoisotopic (exact) mass is 464 g/mol. The maximum absolute atomic E-state index is 12.8. The van der Waals surface area contributed by atoms with E-state index in [-0.39, 0.29) is 28.2 Å². The van der Waals surface area contributed by atoms with Gasteiger partial charge in [0.25, 0.3) is 0 Å². The van der Waals surface area contributed by atoms with E-state index in [9.17, 15) is 9.59 Å². The molecule has 1 heterocycles. The lowest BCUT2D eigenvalue weighted by Crippen LogP contribution is -2.19. The molecule has 2 saturated carbocycles. The molecule has 5 rings (SSSR count). The van der Waals surface area contributed by atoms with Crippen molar-refractivity contribution in [2.75, 3.05) is 0 Å². The molecule has 0 N–H and O–H groups in total. The Labute approximate surface area is 187 Å². The van der Waals surface area contributed by atoms with Gasteiger partial charge in [-0.25, -0.2) is 9.48 Å². The van der Waals surface area contributed by atoms with Crippen LogP contribution in [0, 0.1) is 11.8 Å². The Morgan fingerprint density at radius 1 is 1.20 bits per heavy atom. The number of carbonyl (C=O) groups excluding carboxylic acids is 2. The van der Waals surface area contributed by atoms with Crippen molar-refractivity contribution in [1.82, 2.24) is 20.2 Å². The largest absolute Gasteiger partial charge is 0.427 e. The van der Waals surface area contributed by atoms with Gasteiger partial charge in [-0.05, 0) is 54.7 Å². The van der Waals surface area contributed by atoms with Gasteiger partial charge in [-0.2, -0.15) is 0 Å². The van der Waals surface area contributed by atoms with Crippen LogP contribution in [0.15, 0.2) is 29.1 Å². The zero-order valence-electron chi connectivity index (χ0n) is 15.9. The molecule has 2 bridgehead atoms. The van der Waals surface area contributed by atoms with Gasteiger partial charge in [-0.3, -0.25) is 4.79 Å². The predicted octanol–water partition coefficient (Wildman–Crippen LogP) is 4.65. The van der Waals surface area contributed by atoms with E-state index in [1.165, 1.54) is 17.8 Å². The van der Waals surface area contributed by atoms with E-state index in [4.69, 9.17) is 27.9 Å². The van der Waals surface area contributed by atoms with E-state index in [1.807, 2.05) is 4.68 Å². The molecule has 2 fully saturated rings. The summed E-state index contributed by atoms with van der Waals surface area (Å²) in [6.45, 7) is 0. The van der Waals surface area contributed by atoms with E-state index in [0.29, 0.717) is 33.3 Å². The molecular weight excluding hydrogens is 447 g/mol. The summed E-state index contributed by atoms with van der Waals surface area (Å²) in [4.78, 5) is 24.9. The van der Waals surface area contributed by atoms with Gasteiger partial charge in [0.1, 0.15) is 5.76 Å². The van der Waals surface area contributed by atoms with Crippen LogP contribution < -0.4 is 0 Å². The molecule has 7 nitrogen and oxygen atoms in total. The van der Waals surface area contributed by atoms with Gasteiger partial charge in [-0.1, -0.05) is 35.0 Å². The zero-order chi connectivity index (χ0) is 20.8. The summed E-state index contributed by atoms with van der Waals surface area (Å²) >= 11 is 14.3. The number of tetrazole rings is 1. The lowest BCUT2D eigenvalue weighted by atomic mass is 9.93. The van der Waals surface area contributed by atoms with Gasteiger partial charge in [0.15, 0.2) is 5.78 Å². The van der Waals surface area contributed by atoms with Crippen molar-refractivity contribution in [3.63, 3.8) is 0 Å². The van der Waals surface area contributed by atoms with Crippen LogP contribution in [0.25, 0.3) is 0 Å². The molecule has 0 radical (unpaired) electrons. The second kappa shape index (κ2) is 7.98. The number of nitrogens with zero attached hydrogens (tertiary/aromatic N) is 4. The number of esters is 1. The number of carbonyl (C=O) groups is 2. The van der Waals surface area contributed by atoms with E-state index in [2.05, 4.69) is 15.5 Å². The second-order valence-corrected chi connectivity index (χ2v) is 9.59. The molecule has 156 valence electrons. The fraction of sp³-hybridized carbons (Fsp3) is 0.450. The summed E-state index contributed by atoms with van der Waals surface area (Å²) < 4.78 is 7.40. The predicted molar refractivity (Wildman–Crippen MR) is 111 cm³/mol. The highest BCUT2D eigenvalue weighted by molar-refractivity contribution is 7.98. The Kier molecular flexibility index (Phi) is 5.33. The summed E-state index contributed by atoms with van der Waals surface area (Å²) in [6.07, 6.45) is 6.08. The first-order valence-corrected chi connectivity index (χ1v) is 11.6. The fourth-order valence-corrected chi connectivity index (χ4v) is 5.73. The van der Waals surface area contributed by atoms with E-state index < -0.39 is 5.97 Å². The summed E-state index contributed by atoms with van der Waals surface area (Å²) in [5.41, 5.74) is 0.852. The van der Waals surface area contributed by atoms with Gasteiger partial charge < -0.3 is 4.74 Å². The maximum atomic E-state index is 12.8. The molecular formula is C20H18Cl2N4O3S. The summed E-state index contributed by atoms with van der Waals surface area (Å²) in [5, 5.41) is 13.2. The normalized spacial score (nSPS) is 22.9. The first kappa shape index (κ1) is 20.0. The van der Waals surface area contributed by atoms with Crippen LogP contribution in [0.2, 0.25) is 10.0 Å². The van der Waals surface area contributed by atoms with Crippen LogP contribution >= 0.6 is 35.0 Å². The Balaban J connectivity index is 1.34. The highest BCUT2D eigenvalue weighted by atomic mass is 35.5. The summed E-state index contributed by atoms with van der Waals surface area (Å²) in [7, 11) is 0. The number of ether oxygens (including phenoxy) is 1. The van der Waals surface area contributed by atoms with Gasteiger partial charge >= 0.3 is 5.97 Å². The summed E-state index contributed by atoms with van der Waals surface area (Å²) in [6, 6.07) is 3.55. The molecule has 2 atom stereocenters. The molecule has 1 aromatic heterocycles. The smallest absolute Gasteiger partial charge is 0.344 e. The third kappa shape index (κ3) is 3.76. The Morgan fingerprint density at radius 3 is 2.80 bits per heavy atom. The highest BCUT2D eigenvalue weighted by Gasteiger charge is 2.38.